The molecule has 0 radical (unpaired) electrons. The molecule has 0 bridgehead atoms. The van der Waals surface area contributed by atoms with Gasteiger partial charge in [-0.15, -0.1) is 0 Å². The maximum Gasteiger partial charge on any atom is 0.254 e. The van der Waals surface area contributed by atoms with Gasteiger partial charge in [0, 0.05) is 41.6 Å². The van der Waals surface area contributed by atoms with E-state index in [-0.39, 0.29) is 17.6 Å². The summed E-state index contributed by atoms with van der Waals surface area (Å²) in [7, 11) is 1.62. The van der Waals surface area contributed by atoms with Crippen molar-refractivity contribution in [3.05, 3.63) is 65.1 Å². The Balaban J connectivity index is 1.23. The minimum atomic E-state index is -0.808. The van der Waals surface area contributed by atoms with Crippen LogP contribution >= 0.6 is 0 Å². The minimum Gasteiger partial charge on any atom is -0.494 e. The van der Waals surface area contributed by atoms with Gasteiger partial charge in [-0.3, -0.25) is 9.59 Å². The molecule has 2 aliphatic rings. The quantitative estimate of drug-likeness (QED) is 0.353. The molecule has 3 aromatic rings. The number of nitrogens with one attached hydrogen (secondary N) is 1. The lowest BCUT2D eigenvalue weighted by Gasteiger charge is -2.20. The van der Waals surface area contributed by atoms with Crippen LogP contribution in [0.2, 0.25) is 0 Å². The van der Waals surface area contributed by atoms with E-state index >= 15 is 0 Å². The number of benzene rings is 2. The molecule has 2 aromatic carbocycles. The molecular formula is C31H34FN5O4. The molecule has 1 aromatic heterocycles. The van der Waals surface area contributed by atoms with Gasteiger partial charge >= 0.3 is 0 Å². The summed E-state index contributed by atoms with van der Waals surface area (Å²) in [6.45, 7) is 6.55. The van der Waals surface area contributed by atoms with Crippen molar-refractivity contribution >= 4 is 34.1 Å². The third kappa shape index (κ3) is 5.64. The summed E-state index contributed by atoms with van der Waals surface area (Å²) in [6.07, 6.45) is 2.85. The second kappa shape index (κ2) is 11.6. The molecule has 214 valence electrons. The van der Waals surface area contributed by atoms with Crippen LogP contribution in [0.1, 0.15) is 63.3 Å². The third-order valence-corrected chi connectivity index (χ3v) is 7.49. The molecule has 5 rings (SSSR count). The summed E-state index contributed by atoms with van der Waals surface area (Å²) < 4.78 is 25.9. The summed E-state index contributed by atoms with van der Waals surface area (Å²) in [5, 5.41) is 11.2. The summed E-state index contributed by atoms with van der Waals surface area (Å²) in [5.74, 6) is 0.131. The van der Waals surface area contributed by atoms with Crippen LogP contribution in [0.5, 0.6) is 11.5 Å². The number of aryl methyl sites for hydroxylation is 1. The highest BCUT2D eigenvalue weighted by Gasteiger charge is 2.44. The zero-order chi connectivity index (χ0) is 29.1. The van der Waals surface area contributed by atoms with Crippen molar-refractivity contribution in [1.29, 1.82) is 0 Å². The van der Waals surface area contributed by atoms with E-state index in [1.165, 1.54) is 11.1 Å². The maximum absolute atomic E-state index is 14.6. The molecule has 2 aliphatic heterocycles. The number of aromatic nitrogens is 1. The second-order valence-electron chi connectivity index (χ2n) is 10.7. The number of carbonyl (C=O) groups is 2. The van der Waals surface area contributed by atoms with Gasteiger partial charge in [-0.2, -0.15) is 10.2 Å². The zero-order valence-corrected chi connectivity index (χ0v) is 23.8. The highest BCUT2D eigenvalue weighted by molar-refractivity contribution is 6.23. The molecule has 0 atom stereocenters. The molecule has 0 fully saturated rings. The molecule has 10 heteroatoms. The molecule has 41 heavy (non-hydrogen) atoms. The Hall–Kier alpha value is -4.34. The summed E-state index contributed by atoms with van der Waals surface area (Å²) in [6, 6.07) is 12.5. The lowest BCUT2D eigenvalue weighted by molar-refractivity contribution is -0.135. The fourth-order valence-electron chi connectivity index (χ4n) is 5.08. The number of unbranched alkanes of at least 4 members (excludes halogenated alkanes) is 1. The number of halogens is 1. The van der Waals surface area contributed by atoms with Crippen LogP contribution in [0.3, 0.4) is 0 Å². The first-order valence-corrected chi connectivity index (χ1v) is 13.9. The number of pyridine rings is 1. The monoisotopic (exact) mass is 559 g/mol. The largest absolute Gasteiger partial charge is 0.494 e. The number of nitrogens with zero attached hydrogens (tertiary/aromatic N) is 4. The zero-order valence-electron chi connectivity index (χ0n) is 23.8. The standard InChI is InChI=1S/C31H34FN5O4/c1-5-20-9-10-21-22(11-14-26(40-4)28(21)33-20)29-31(2,3)30(39)37(36-29)16-6-7-17-41-25-13-8-19(18-23(25)32)24-12-15-27(38)35-34-24/h8-11,13-14,18H,5-7,12,15-17H2,1-4H3,(H,35,38). The van der Waals surface area contributed by atoms with E-state index in [0.717, 1.165) is 28.6 Å². The molecule has 0 unspecified atom stereocenters. The molecule has 0 spiro atoms. The Bertz CT molecular complexity index is 1570. The Morgan fingerprint density at radius 3 is 2.56 bits per heavy atom. The number of amides is 2. The minimum absolute atomic E-state index is 0.0704. The number of hydrogen-bond acceptors (Lipinski definition) is 7. The van der Waals surface area contributed by atoms with Gasteiger partial charge in [-0.25, -0.2) is 19.8 Å². The van der Waals surface area contributed by atoms with Gasteiger partial charge in [0.1, 0.15) is 11.3 Å². The van der Waals surface area contributed by atoms with Crippen molar-refractivity contribution < 1.29 is 23.5 Å². The summed E-state index contributed by atoms with van der Waals surface area (Å²) in [5.41, 5.74) is 6.14. The highest BCUT2D eigenvalue weighted by Crippen LogP contribution is 2.37. The van der Waals surface area contributed by atoms with Gasteiger partial charge in [0.25, 0.3) is 5.91 Å². The average Bonchev–Trinajstić information content (AvgIpc) is 3.20. The maximum atomic E-state index is 14.6. The van der Waals surface area contributed by atoms with E-state index in [2.05, 4.69) is 17.5 Å². The predicted molar refractivity (Wildman–Crippen MR) is 155 cm³/mol. The van der Waals surface area contributed by atoms with Crippen molar-refractivity contribution in [2.75, 3.05) is 20.3 Å². The molecule has 0 saturated carbocycles. The topological polar surface area (TPSA) is 105 Å². The molecule has 1 N–H and O–H groups in total. The number of rotatable bonds is 10. The van der Waals surface area contributed by atoms with Crippen molar-refractivity contribution in [3.63, 3.8) is 0 Å². The van der Waals surface area contributed by atoms with E-state index in [1.54, 1.807) is 19.2 Å². The molecule has 9 nitrogen and oxygen atoms in total. The van der Waals surface area contributed by atoms with Crippen LogP contribution in [0.25, 0.3) is 10.9 Å². The SMILES string of the molecule is CCc1ccc2c(C3=NN(CCCCOc4ccc(C5=NNC(=O)CC5)cc4F)C(=O)C3(C)C)ccc(OC)c2n1. The molecule has 3 heterocycles. The van der Waals surface area contributed by atoms with Crippen LogP contribution in [0.4, 0.5) is 4.39 Å². The van der Waals surface area contributed by atoms with E-state index in [4.69, 9.17) is 19.6 Å². The van der Waals surface area contributed by atoms with Crippen LogP contribution in [0.15, 0.2) is 52.7 Å². The number of hydrogen-bond donors (Lipinski definition) is 1. The van der Waals surface area contributed by atoms with E-state index in [0.29, 0.717) is 61.6 Å². The first-order chi connectivity index (χ1) is 19.7. The average molecular weight is 560 g/mol. The van der Waals surface area contributed by atoms with Crippen molar-refractivity contribution in [3.8, 4) is 11.5 Å². The second-order valence-corrected chi connectivity index (χ2v) is 10.7. The summed E-state index contributed by atoms with van der Waals surface area (Å²) in [4.78, 5) is 29.4. The van der Waals surface area contributed by atoms with Crippen LogP contribution in [-0.4, -0.2) is 53.5 Å². The van der Waals surface area contributed by atoms with Gasteiger partial charge in [0.15, 0.2) is 11.6 Å². The molecule has 0 aliphatic carbocycles. The number of ether oxygens (including phenoxy) is 2. The fraction of sp³-hybridized carbons (Fsp3) is 0.387. The lowest BCUT2D eigenvalue weighted by atomic mass is 9.82. The van der Waals surface area contributed by atoms with Crippen LogP contribution in [-0.2, 0) is 16.0 Å². The van der Waals surface area contributed by atoms with Crippen molar-refractivity contribution in [2.24, 2.45) is 15.6 Å². The normalized spacial score (nSPS) is 16.5. The first-order valence-electron chi connectivity index (χ1n) is 13.9. The van der Waals surface area contributed by atoms with E-state index < -0.39 is 11.2 Å². The van der Waals surface area contributed by atoms with Gasteiger partial charge in [0.05, 0.1) is 30.6 Å². The molecule has 2 amide bonds. The Morgan fingerprint density at radius 1 is 1.05 bits per heavy atom. The van der Waals surface area contributed by atoms with E-state index in [1.807, 2.05) is 38.1 Å². The summed E-state index contributed by atoms with van der Waals surface area (Å²) >= 11 is 0. The van der Waals surface area contributed by atoms with Gasteiger partial charge in [-0.05, 0) is 69.5 Å². The van der Waals surface area contributed by atoms with Gasteiger partial charge < -0.3 is 9.47 Å². The number of methoxy groups -OCH3 is 1. The van der Waals surface area contributed by atoms with Crippen LogP contribution < -0.4 is 14.9 Å². The van der Waals surface area contributed by atoms with Crippen molar-refractivity contribution in [1.82, 2.24) is 15.4 Å². The molecule has 0 saturated heterocycles. The Morgan fingerprint density at radius 2 is 1.85 bits per heavy atom. The first kappa shape index (κ1) is 28.2. The smallest absolute Gasteiger partial charge is 0.254 e. The third-order valence-electron chi connectivity index (χ3n) is 7.49. The fourth-order valence-corrected chi connectivity index (χ4v) is 5.08. The van der Waals surface area contributed by atoms with Gasteiger partial charge in [0.2, 0.25) is 5.91 Å². The predicted octanol–water partition coefficient (Wildman–Crippen LogP) is 4.99. The van der Waals surface area contributed by atoms with Crippen molar-refractivity contribution in [2.45, 2.75) is 52.9 Å². The number of fused-ring (bicyclic) bond motifs is 1. The number of hydrazone groups is 2. The van der Waals surface area contributed by atoms with Crippen LogP contribution in [0, 0.1) is 11.2 Å². The lowest BCUT2D eigenvalue weighted by Crippen LogP contribution is -2.35. The highest BCUT2D eigenvalue weighted by atomic mass is 19.1. The Labute approximate surface area is 238 Å². The molecular weight excluding hydrogens is 525 g/mol. The van der Waals surface area contributed by atoms with E-state index in [9.17, 15) is 14.0 Å². The Kier molecular flexibility index (Phi) is 8.01. The van der Waals surface area contributed by atoms with Gasteiger partial charge in [-0.1, -0.05) is 13.0 Å². The number of carbonyl (C=O) groups excluding carboxylic acids is 2.